The van der Waals surface area contributed by atoms with Crippen molar-refractivity contribution >= 4 is 17.9 Å². The third kappa shape index (κ3) is 6.75. The molecule has 0 aromatic carbocycles. The van der Waals surface area contributed by atoms with E-state index in [9.17, 15) is 4.79 Å². The number of carbonyl (C=O) groups is 1. The maximum Gasteiger partial charge on any atom is 0.407 e. The Kier molecular flexibility index (Phi) is 8.13. The minimum Gasteiger partial charge on any atom is -0.444 e. The first kappa shape index (κ1) is 20.9. The van der Waals surface area contributed by atoms with Crippen LogP contribution in [0.2, 0.25) is 0 Å². The first-order chi connectivity index (χ1) is 11.2. The molecule has 24 heavy (non-hydrogen) atoms. The second kappa shape index (κ2) is 9.35. The van der Waals surface area contributed by atoms with Crippen LogP contribution in [-0.4, -0.2) is 33.8 Å². The SMILES string of the molecule is CCC(CC)CSc1c(C)nn(CCNC(=O)OC(C)(C)C)c1C. The highest BCUT2D eigenvalue weighted by atomic mass is 32.2. The summed E-state index contributed by atoms with van der Waals surface area (Å²) >= 11 is 1.90. The van der Waals surface area contributed by atoms with Crippen LogP contribution in [0.25, 0.3) is 0 Å². The van der Waals surface area contributed by atoms with Crippen molar-refractivity contribution in [2.45, 2.75) is 78.3 Å². The molecule has 1 aromatic heterocycles. The van der Waals surface area contributed by atoms with Gasteiger partial charge >= 0.3 is 6.09 Å². The van der Waals surface area contributed by atoms with Crippen LogP contribution in [-0.2, 0) is 11.3 Å². The lowest BCUT2D eigenvalue weighted by Gasteiger charge is -2.19. The molecule has 1 aromatic rings. The van der Waals surface area contributed by atoms with Crippen molar-refractivity contribution in [3.63, 3.8) is 0 Å². The van der Waals surface area contributed by atoms with E-state index >= 15 is 0 Å². The van der Waals surface area contributed by atoms with Gasteiger partial charge in [0.25, 0.3) is 0 Å². The smallest absolute Gasteiger partial charge is 0.407 e. The molecule has 1 amide bonds. The second-order valence-corrected chi connectivity index (χ2v) is 8.18. The number of hydrogen-bond donors (Lipinski definition) is 1. The highest BCUT2D eigenvalue weighted by Crippen LogP contribution is 2.29. The van der Waals surface area contributed by atoms with Gasteiger partial charge in [-0.1, -0.05) is 26.7 Å². The maximum atomic E-state index is 11.7. The van der Waals surface area contributed by atoms with Gasteiger partial charge in [-0.15, -0.1) is 11.8 Å². The zero-order valence-corrected chi connectivity index (χ0v) is 17.0. The van der Waals surface area contributed by atoms with Crippen molar-refractivity contribution in [3.05, 3.63) is 11.4 Å². The number of thioether (sulfide) groups is 1. The van der Waals surface area contributed by atoms with Gasteiger partial charge in [0.1, 0.15) is 5.60 Å². The normalized spacial score (nSPS) is 11.8. The van der Waals surface area contributed by atoms with Crippen LogP contribution in [0.4, 0.5) is 4.79 Å². The lowest BCUT2D eigenvalue weighted by molar-refractivity contribution is 0.0525. The van der Waals surface area contributed by atoms with E-state index in [0.29, 0.717) is 13.1 Å². The van der Waals surface area contributed by atoms with Gasteiger partial charge in [0, 0.05) is 18.0 Å². The van der Waals surface area contributed by atoms with E-state index in [0.717, 1.165) is 17.4 Å². The van der Waals surface area contributed by atoms with Crippen molar-refractivity contribution < 1.29 is 9.53 Å². The molecule has 0 radical (unpaired) electrons. The summed E-state index contributed by atoms with van der Waals surface area (Å²) in [5, 5.41) is 7.40. The molecule has 138 valence electrons. The zero-order valence-electron chi connectivity index (χ0n) is 16.2. The molecule has 0 saturated carbocycles. The molecule has 1 N–H and O–H groups in total. The Morgan fingerprint density at radius 2 is 1.92 bits per heavy atom. The number of aromatic nitrogens is 2. The average molecular weight is 356 g/mol. The molecule has 0 aliphatic heterocycles. The fraction of sp³-hybridized carbons (Fsp3) is 0.778. The van der Waals surface area contributed by atoms with Crippen LogP contribution in [0.5, 0.6) is 0 Å². The summed E-state index contributed by atoms with van der Waals surface area (Å²) < 4.78 is 7.21. The molecule has 0 saturated heterocycles. The van der Waals surface area contributed by atoms with Gasteiger partial charge in [0.15, 0.2) is 0 Å². The lowest BCUT2D eigenvalue weighted by atomic mass is 10.1. The lowest BCUT2D eigenvalue weighted by Crippen LogP contribution is -2.34. The van der Waals surface area contributed by atoms with E-state index in [1.54, 1.807) is 0 Å². The van der Waals surface area contributed by atoms with Gasteiger partial charge in [-0.25, -0.2) is 4.79 Å². The van der Waals surface area contributed by atoms with E-state index < -0.39 is 5.60 Å². The van der Waals surface area contributed by atoms with Crippen LogP contribution in [0.1, 0.15) is 58.8 Å². The number of aryl methyl sites for hydroxylation is 1. The van der Waals surface area contributed by atoms with Crippen LogP contribution in [0.3, 0.4) is 0 Å². The fourth-order valence-corrected chi connectivity index (χ4v) is 3.85. The molecule has 1 rings (SSSR count). The molecule has 0 spiro atoms. The minimum absolute atomic E-state index is 0.382. The number of ether oxygens (including phenoxy) is 1. The van der Waals surface area contributed by atoms with E-state index in [-0.39, 0.29) is 6.09 Å². The Labute approximate surface area is 150 Å². The quantitative estimate of drug-likeness (QED) is 0.695. The zero-order chi connectivity index (χ0) is 18.3. The van der Waals surface area contributed by atoms with Gasteiger partial charge < -0.3 is 10.1 Å². The molecule has 0 unspecified atom stereocenters. The van der Waals surface area contributed by atoms with Gasteiger partial charge in [0.2, 0.25) is 0 Å². The fourth-order valence-electron chi connectivity index (χ4n) is 2.41. The molecule has 5 nitrogen and oxygen atoms in total. The van der Waals surface area contributed by atoms with Crippen molar-refractivity contribution in [2.24, 2.45) is 5.92 Å². The van der Waals surface area contributed by atoms with Crippen molar-refractivity contribution in [1.82, 2.24) is 15.1 Å². The van der Waals surface area contributed by atoms with E-state index in [1.807, 2.05) is 37.2 Å². The van der Waals surface area contributed by atoms with Gasteiger partial charge in [-0.05, 0) is 40.5 Å². The Morgan fingerprint density at radius 1 is 1.29 bits per heavy atom. The van der Waals surface area contributed by atoms with Crippen molar-refractivity contribution in [2.75, 3.05) is 12.3 Å². The number of nitrogens with one attached hydrogen (secondary N) is 1. The maximum absolute atomic E-state index is 11.7. The highest BCUT2D eigenvalue weighted by Gasteiger charge is 2.17. The van der Waals surface area contributed by atoms with Crippen molar-refractivity contribution in [3.8, 4) is 0 Å². The summed E-state index contributed by atoms with van der Waals surface area (Å²) in [6.45, 7) is 15.4. The van der Waals surface area contributed by atoms with E-state index in [4.69, 9.17) is 4.74 Å². The van der Waals surface area contributed by atoms with Crippen LogP contribution in [0, 0.1) is 19.8 Å². The van der Waals surface area contributed by atoms with Gasteiger partial charge in [-0.2, -0.15) is 5.10 Å². The van der Waals surface area contributed by atoms with Crippen LogP contribution < -0.4 is 5.32 Å². The number of amides is 1. The summed E-state index contributed by atoms with van der Waals surface area (Å²) in [5.41, 5.74) is 1.77. The summed E-state index contributed by atoms with van der Waals surface area (Å²) in [6.07, 6.45) is 2.05. The highest BCUT2D eigenvalue weighted by molar-refractivity contribution is 7.99. The monoisotopic (exact) mass is 355 g/mol. The van der Waals surface area contributed by atoms with Gasteiger partial charge in [-0.3, -0.25) is 4.68 Å². The summed E-state index contributed by atoms with van der Waals surface area (Å²) in [5.74, 6) is 1.89. The number of alkyl carbamates (subject to hydrolysis) is 1. The van der Waals surface area contributed by atoms with E-state index in [2.05, 4.69) is 38.1 Å². The Morgan fingerprint density at radius 3 is 2.46 bits per heavy atom. The number of carbonyl (C=O) groups excluding carboxylic acids is 1. The molecule has 0 atom stereocenters. The molecule has 0 fully saturated rings. The molecular weight excluding hydrogens is 322 g/mol. The van der Waals surface area contributed by atoms with Crippen LogP contribution >= 0.6 is 11.8 Å². The largest absolute Gasteiger partial charge is 0.444 e. The summed E-state index contributed by atoms with van der Waals surface area (Å²) in [6, 6.07) is 0. The summed E-state index contributed by atoms with van der Waals surface area (Å²) in [4.78, 5) is 13.0. The first-order valence-corrected chi connectivity index (χ1v) is 9.80. The van der Waals surface area contributed by atoms with E-state index in [1.165, 1.54) is 23.4 Å². The third-order valence-corrected chi connectivity index (χ3v) is 5.44. The van der Waals surface area contributed by atoms with Crippen LogP contribution in [0.15, 0.2) is 4.90 Å². The molecular formula is C18H33N3O2S. The topological polar surface area (TPSA) is 56.2 Å². The molecule has 0 bridgehead atoms. The Hall–Kier alpha value is -1.17. The predicted octanol–water partition coefficient (Wildman–Crippen LogP) is 4.55. The number of hydrogen-bond acceptors (Lipinski definition) is 4. The van der Waals surface area contributed by atoms with Gasteiger partial charge in [0.05, 0.1) is 17.1 Å². The molecule has 0 aliphatic carbocycles. The number of nitrogens with zero attached hydrogens (tertiary/aromatic N) is 2. The predicted molar refractivity (Wildman–Crippen MR) is 101 cm³/mol. The first-order valence-electron chi connectivity index (χ1n) is 8.81. The standard InChI is InChI=1S/C18H33N3O2S/c1-8-15(9-2)12-24-16-13(3)20-21(14(16)4)11-10-19-17(22)23-18(5,6)7/h15H,8-12H2,1-7H3,(H,19,22). The molecule has 6 heteroatoms. The molecule has 0 aliphatic rings. The second-order valence-electron chi connectivity index (χ2n) is 7.15. The molecule has 1 heterocycles. The summed E-state index contributed by atoms with van der Waals surface area (Å²) in [7, 11) is 0. The number of rotatable bonds is 8. The minimum atomic E-state index is -0.471. The third-order valence-electron chi connectivity index (χ3n) is 3.92. The average Bonchev–Trinajstić information content (AvgIpc) is 2.73. The Balaban J connectivity index is 2.55. The Bertz CT molecular complexity index is 531. The van der Waals surface area contributed by atoms with Crippen molar-refractivity contribution in [1.29, 1.82) is 0 Å².